The fourth-order valence-corrected chi connectivity index (χ4v) is 4.04. The molecule has 154 valence electrons. The Morgan fingerprint density at radius 1 is 1.41 bits per heavy atom. The third-order valence-electron chi connectivity index (χ3n) is 4.77. The van der Waals surface area contributed by atoms with Gasteiger partial charge in [0.25, 0.3) is 11.8 Å². The summed E-state index contributed by atoms with van der Waals surface area (Å²) in [6.07, 6.45) is 1.81. The molecule has 0 radical (unpaired) electrons. The Labute approximate surface area is 169 Å². The van der Waals surface area contributed by atoms with Gasteiger partial charge in [-0.1, -0.05) is 0 Å². The molecular weight excluding hydrogens is 402 g/mol. The number of hydrogen-bond donors (Lipinski definition) is 1. The molecule has 1 fully saturated rings. The molecule has 3 aromatic rings. The standard InChI is InChI=1S/C20H20F2N2O4S/c1-11-18(19(25)24-17-5-6-26-10-20(17,21)22)15-7-13(3-4-16(15)28-11)27-9-14-8-23-12(2)29-14/h3-4,7-8,17H,5-6,9-10H2,1-2H3,(H,24,25). The summed E-state index contributed by atoms with van der Waals surface area (Å²) < 4.78 is 44.3. The molecule has 0 spiro atoms. The Morgan fingerprint density at radius 2 is 2.24 bits per heavy atom. The number of nitrogens with one attached hydrogen (secondary N) is 1. The molecule has 4 rings (SSSR count). The molecule has 6 nitrogen and oxygen atoms in total. The number of amides is 1. The number of nitrogens with zero attached hydrogens (tertiary/aromatic N) is 1. The van der Waals surface area contributed by atoms with E-state index in [-0.39, 0.29) is 18.6 Å². The summed E-state index contributed by atoms with van der Waals surface area (Å²) in [5, 5.41) is 3.92. The topological polar surface area (TPSA) is 73.6 Å². The highest BCUT2D eigenvalue weighted by Crippen LogP contribution is 2.31. The van der Waals surface area contributed by atoms with E-state index >= 15 is 0 Å². The SMILES string of the molecule is Cc1ncc(COc2ccc3oc(C)c(C(=O)NC4CCOCC4(F)F)c3c2)s1. The predicted molar refractivity (Wildman–Crippen MR) is 104 cm³/mol. The number of ether oxygens (including phenoxy) is 2. The van der Waals surface area contributed by atoms with E-state index in [9.17, 15) is 13.6 Å². The van der Waals surface area contributed by atoms with Crippen molar-refractivity contribution in [2.75, 3.05) is 13.2 Å². The number of halogens is 2. The molecule has 1 aromatic carbocycles. The van der Waals surface area contributed by atoms with Crippen molar-refractivity contribution in [2.24, 2.45) is 0 Å². The van der Waals surface area contributed by atoms with E-state index < -0.39 is 24.5 Å². The minimum atomic E-state index is -3.11. The summed E-state index contributed by atoms with van der Waals surface area (Å²) in [6, 6.07) is 3.86. The van der Waals surface area contributed by atoms with Crippen LogP contribution in [0.3, 0.4) is 0 Å². The van der Waals surface area contributed by atoms with E-state index in [1.165, 1.54) is 0 Å². The molecule has 1 aliphatic rings. The second-order valence-electron chi connectivity index (χ2n) is 6.95. The molecule has 29 heavy (non-hydrogen) atoms. The molecule has 2 aromatic heterocycles. The maximum atomic E-state index is 14.0. The third kappa shape index (κ3) is 4.11. The van der Waals surface area contributed by atoms with Gasteiger partial charge in [-0.3, -0.25) is 4.79 Å². The fraction of sp³-hybridized carbons (Fsp3) is 0.400. The van der Waals surface area contributed by atoms with Crippen LogP contribution in [-0.4, -0.2) is 36.1 Å². The van der Waals surface area contributed by atoms with Crippen LogP contribution >= 0.6 is 11.3 Å². The van der Waals surface area contributed by atoms with Crippen molar-refractivity contribution < 1.29 is 27.5 Å². The minimum Gasteiger partial charge on any atom is -0.488 e. The summed E-state index contributed by atoms with van der Waals surface area (Å²) in [5.41, 5.74) is 0.730. The highest BCUT2D eigenvalue weighted by Gasteiger charge is 2.43. The molecule has 0 aliphatic carbocycles. The van der Waals surface area contributed by atoms with Gasteiger partial charge in [0.15, 0.2) is 0 Å². The van der Waals surface area contributed by atoms with E-state index in [1.807, 2.05) is 6.92 Å². The van der Waals surface area contributed by atoms with Gasteiger partial charge in [0.2, 0.25) is 0 Å². The van der Waals surface area contributed by atoms with Crippen molar-refractivity contribution in [1.29, 1.82) is 0 Å². The molecule has 3 heterocycles. The quantitative estimate of drug-likeness (QED) is 0.666. The van der Waals surface area contributed by atoms with E-state index in [0.717, 1.165) is 9.88 Å². The number of thiazole rings is 1. The lowest BCUT2D eigenvalue weighted by Gasteiger charge is -2.31. The lowest BCUT2D eigenvalue weighted by molar-refractivity contribution is -0.133. The maximum absolute atomic E-state index is 14.0. The minimum absolute atomic E-state index is 0.0518. The molecule has 1 N–H and O–H groups in total. The van der Waals surface area contributed by atoms with Gasteiger partial charge >= 0.3 is 0 Å². The van der Waals surface area contributed by atoms with Crippen molar-refractivity contribution in [1.82, 2.24) is 10.3 Å². The van der Waals surface area contributed by atoms with Gasteiger partial charge in [-0.25, -0.2) is 13.8 Å². The number of fused-ring (bicyclic) bond motifs is 1. The number of alkyl halides is 2. The maximum Gasteiger partial charge on any atom is 0.290 e. The van der Waals surface area contributed by atoms with E-state index in [0.29, 0.717) is 29.1 Å². The number of aromatic nitrogens is 1. The first-order chi connectivity index (χ1) is 13.8. The number of hydrogen-bond acceptors (Lipinski definition) is 6. The largest absolute Gasteiger partial charge is 0.488 e. The van der Waals surface area contributed by atoms with Crippen molar-refractivity contribution in [3.05, 3.63) is 45.6 Å². The molecule has 1 unspecified atom stereocenters. The Bertz CT molecular complexity index is 1050. The molecule has 0 saturated carbocycles. The second kappa shape index (κ2) is 7.72. The zero-order valence-corrected chi connectivity index (χ0v) is 16.8. The number of carbonyl (C=O) groups excluding carboxylic acids is 1. The van der Waals surface area contributed by atoms with Gasteiger partial charge in [-0.2, -0.15) is 0 Å². The number of aryl methyl sites for hydroxylation is 2. The third-order valence-corrected chi connectivity index (χ3v) is 5.66. The van der Waals surface area contributed by atoms with Crippen LogP contribution in [-0.2, 0) is 11.3 Å². The number of rotatable bonds is 5. The van der Waals surface area contributed by atoms with Crippen LogP contribution < -0.4 is 10.1 Å². The van der Waals surface area contributed by atoms with Crippen LogP contribution in [0.2, 0.25) is 0 Å². The molecule has 1 aliphatic heterocycles. The molecule has 0 bridgehead atoms. The molecule has 1 saturated heterocycles. The summed E-state index contributed by atoms with van der Waals surface area (Å²) >= 11 is 1.54. The van der Waals surface area contributed by atoms with E-state index in [2.05, 4.69) is 10.3 Å². The first kappa shape index (κ1) is 19.8. The number of carbonyl (C=O) groups is 1. The van der Waals surface area contributed by atoms with Gasteiger partial charge in [-0.15, -0.1) is 11.3 Å². The van der Waals surface area contributed by atoms with Gasteiger partial charge < -0.3 is 19.2 Å². The highest BCUT2D eigenvalue weighted by atomic mass is 32.1. The number of benzene rings is 1. The van der Waals surface area contributed by atoms with E-state index in [4.69, 9.17) is 13.9 Å². The summed E-state index contributed by atoms with van der Waals surface area (Å²) in [5.74, 6) is -2.79. The first-order valence-corrected chi connectivity index (χ1v) is 9.99. The smallest absolute Gasteiger partial charge is 0.290 e. The van der Waals surface area contributed by atoms with Crippen molar-refractivity contribution >= 4 is 28.2 Å². The van der Waals surface area contributed by atoms with Crippen LogP contribution in [0.4, 0.5) is 8.78 Å². The molecule has 9 heteroatoms. The second-order valence-corrected chi connectivity index (χ2v) is 8.27. The van der Waals surface area contributed by atoms with Crippen LogP contribution in [0.1, 0.15) is 32.4 Å². The predicted octanol–water partition coefficient (Wildman–Crippen LogP) is 4.24. The van der Waals surface area contributed by atoms with Crippen molar-refractivity contribution in [3.63, 3.8) is 0 Å². The van der Waals surface area contributed by atoms with Gasteiger partial charge in [0, 0.05) is 18.2 Å². The monoisotopic (exact) mass is 422 g/mol. The van der Waals surface area contributed by atoms with Crippen LogP contribution in [0.25, 0.3) is 11.0 Å². The first-order valence-electron chi connectivity index (χ1n) is 9.17. The Kier molecular flexibility index (Phi) is 5.26. The average Bonchev–Trinajstić information content (AvgIpc) is 3.23. The molecular formula is C20H20F2N2O4S. The van der Waals surface area contributed by atoms with Crippen LogP contribution in [0.15, 0.2) is 28.8 Å². The lowest BCUT2D eigenvalue weighted by atomic mass is 10.0. The number of furan rings is 1. The fourth-order valence-electron chi connectivity index (χ4n) is 3.33. The van der Waals surface area contributed by atoms with Crippen molar-refractivity contribution in [2.45, 2.75) is 38.8 Å². The summed E-state index contributed by atoms with van der Waals surface area (Å²) in [4.78, 5) is 18.0. The van der Waals surface area contributed by atoms with Gasteiger partial charge in [0.05, 0.1) is 21.5 Å². The molecule has 1 amide bonds. The lowest BCUT2D eigenvalue weighted by Crippen LogP contribution is -2.53. The molecule has 1 atom stereocenters. The normalized spacial score (nSPS) is 18.7. The van der Waals surface area contributed by atoms with Crippen LogP contribution in [0.5, 0.6) is 5.75 Å². The van der Waals surface area contributed by atoms with Gasteiger partial charge in [-0.05, 0) is 38.5 Å². The summed E-state index contributed by atoms with van der Waals surface area (Å²) in [7, 11) is 0. The zero-order valence-electron chi connectivity index (χ0n) is 16.0. The Morgan fingerprint density at radius 3 is 2.97 bits per heavy atom. The summed E-state index contributed by atoms with van der Waals surface area (Å²) in [6.45, 7) is 3.39. The highest BCUT2D eigenvalue weighted by molar-refractivity contribution is 7.11. The van der Waals surface area contributed by atoms with Gasteiger partial charge in [0.1, 0.15) is 30.3 Å². The van der Waals surface area contributed by atoms with Crippen molar-refractivity contribution in [3.8, 4) is 5.75 Å². The zero-order chi connectivity index (χ0) is 20.6. The Hall–Kier alpha value is -2.52. The Balaban J connectivity index is 1.56. The van der Waals surface area contributed by atoms with Crippen LogP contribution in [0, 0.1) is 13.8 Å². The average molecular weight is 422 g/mol. The van der Waals surface area contributed by atoms with E-state index in [1.54, 1.807) is 42.7 Å².